The Labute approximate surface area is 154 Å². The molecule has 0 radical (unpaired) electrons. The van der Waals surface area contributed by atoms with Gasteiger partial charge in [0.15, 0.2) is 0 Å². The molecule has 2 amide bonds. The van der Waals surface area contributed by atoms with Crippen LogP contribution in [0.1, 0.15) is 17.4 Å². The van der Waals surface area contributed by atoms with Gasteiger partial charge >= 0.3 is 0 Å². The van der Waals surface area contributed by atoms with E-state index in [1.54, 1.807) is 30.3 Å². The van der Waals surface area contributed by atoms with Crippen LogP contribution < -0.4 is 11.1 Å². The topological polar surface area (TPSA) is 105 Å². The van der Waals surface area contributed by atoms with Gasteiger partial charge in [0.1, 0.15) is 17.3 Å². The molecule has 3 rings (SSSR count). The molecule has 7 heteroatoms. The fourth-order valence-electron chi connectivity index (χ4n) is 2.72. The van der Waals surface area contributed by atoms with E-state index in [0.717, 1.165) is 0 Å². The number of phenolic OH excluding ortho intramolecular Hbond substituents is 1. The van der Waals surface area contributed by atoms with Crippen molar-refractivity contribution >= 4 is 17.5 Å². The van der Waals surface area contributed by atoms with Crippen LogP contribution in [0.3, 0.4) is 0 Å². The molecular weight excluding hydrogens is 349 g/mol. The highest BCUT2D eigenvalue weighted by molar-refractivity contribution is 5.93. The Morgan fingerprint density at radius 2 is 1.74 bits per heavy atom. The van der Waals surface area contributed by atoms with Crippen LogP contribution in [0.15, 0.2) is 54.7 Å². The smallest absolute Gasteiger partial charge is 0.267 e. The number of pyridine rings is 1. The third kappa shape index (κ3) is 3.77. The van der Waals surface area contributed by atoms with Crippen LogP contribution in [0.25, 0.3) is 22.3 Å². The maximum atomic E-state index is 14.2. The SMILES string of the molecule is CC(=O)Nc1ccc(-c2cccc(-c3ccnc(C(N)=O)c3)c2O)cc1F. The van der Waals surface area contributed by atoms with Gasteiger partial charge in [0.2, 0.25) is 5.91 Å². The van der Waals surface area contributed by atoms with E-state index in [1.807, 2.05) is 0 Å². The molecule has 2 aromatic carbocycles. The van der Waals surface area contributed by atoms with E-state index in [0.29, 0.717) is 22.3 Å². The summed E-state index contributed by atoms with van der Waals surface area (Å²) in [6, 6.07) is 12.4. The molecule has 0 saturated carbocycles. The molecule has 0 aliphatic carbocycles. The maximum absolute atomic E-state index is 14.2. The number of primary amides is 1. The summed E-state index contributed by atoms with van der Waals surface area (Å²) in [7, 11) is 0. The molecule has 1 aromatic heterocycles. The highest BCUT2D eigenvalue weighted by Gasteiger charge is 2.14. The van der Waals surface area contributed by atoms with E-state index in [9.17, 15) is 19.1 Å². The minimum absolute atomic E-state index is 0.0575. The first-order valence-electron chi connectivity index (χ1n) is 8.02. The van der Waals surface area contributed by atoms with Gasteiger partial charge in [0.25, 0.3) is 5.91 Å². The van der Waals surface area contributed by atoms with Crippen molar-refractivity contribution in [2.24, 2.45) is 5.73 Å². The normalized spacial score (nSPS) is 10.4. The fourth-order valence-corrected chi connectivity index (χ4v) is 2.72. The van der Waals surface area contributed by atoms with Crippen LogP contribution >= 0.6 is 0 Å². The van der Waals surface area contributed by atoms with Crippen molar-refractivity contribution < 1.29 is 19.1 Å². The molecule has 3 aromatic rings. The van der Waals surface area contributed by atoms with Crippen LogP contribution in [0.2, 0.25) is 0 Å². The van der Waals surface area contributed by atoms with Gasteiger partial charge in [0.05, 0.1) is 5.69 Å². The lowest BCUT2D eigenvalue weighted by Crippen LogP contribution is -2.12. The summed E-state index contributed by atoms with van der Waals surface area (Å²) in [6.45, 7) is 1.29. The number of aromatic hydroxyl groups is 1. The lowest BCUT2D eigenvalue weighted by atomic mass is 9.97. The van der Waals surface area contributed by atoms with Gasteiger partial charge in [-0.3, -0.25) is 14.6 Å². The summed E-state index contributed by atoms with van der Waals surface area (Å²) >= 11 is 0. The molecule has 0 aliphatic rings. The van der Waals surface area contributed by atoms with Crippen LogP contribution in [0.4, 0.5) is 10.1 Å². The molecule has 0 spiro atoms. The third-order valence-electron chi connectivity index (χ3n) is 3.95. The second kappa shape index (κ2) is 7.25. The molecule has 27 heavy (non-hydrogen) atoms. The number of para-hydroxylation sites is 1. The summed E-state index contributed by atoms with van der Waals surface area (Å²) in [4.78, 5) is 26.3. The summed E-state index contributed by atoms with van der Waals surface area (Å²) in [6.07, 6.45) is 1.42. The zero-order valence-electron chi connectivity index (χ0n) is 14.4. The number of hydrogen-bond donors (Lipinski definition) is 3. The number of carbonyl (C=O) groups excluding carboxylic acids is 2. The molecule has 0 fully saturated rings. The van der Waals surface area contributed by atoms with E-state index >= 15 is 0 Å². The predicted molar refractivity (Wildman–Crippen MR) is 99.6 cm³/mol. The van der Waals surface area contributed by atoms with Gasteiger partial charge in [-0.15, -0.1) is 0 Å². The summed E-state index contributed by atoms with van der Waals surface area (Å²) < 4.78 is 14.2. The van der Waals surface area contributed by atoms with Gasteiger partial charge in [-0.1, -0.05) is 24.3 Å². The molecule has 0 aliphatic heterocycles. The third-order valence-corrected chi connectivity index (χ3v) is 3.95. The van der Waals surface area contributed by atoms with Gasteiger partial charge < -0.3 is 16.2 Å². The van der Waals surface area contributed by atoms with Gasteiger partial charge in [-0.2, -0.15) is 0 Å². The first-order chi connectivity index (χ1) is 12.9. The van der Waals surface area contributed by atoms with Gasteiger partial charge in [0, 0.05) is 24.2 Å². The first-order valence-corrected chi connectivity index (χ1v) is 8.02. The minimum atomic E-state index is -0.678. The number of hydrogen-bond acceptors (Lipinski definition) is 4. The van der Waals surface area contributed by atoms with Crippen molar-refractivity contribution in [1.29, 1.82) is 0 Å². The molecular formula is C20H16FN3O3. The van der Waals surface area contributed by atoms with Crippen molar-refractivity contribution in [3.8, 4) is 28.0 Å². The quantitative estimate of drug-likeness (QED) is 0.659. The van der Waals surface area contributed by atoms with Crippen molar-refractivity contribution in [2.45, 2.75) is 6.92 Å². The van der Waals surface area contributed by atoms with E-state index in [2.05, 4.69) is 10.3 Å². The van der Waals surface area contributed by atoms with E-state index in [-0.39, 0.29) is 23.0 Å². The predicted octanol–water partition coefficient (Wildman–Crippen LogP) is 3.32. The number of anilines is 1. The van der Waals surface area contributed by atoms with Crippen LogP contribution in [-0.4, -0.2) is 21.9 Å². The average molecular weight is 365 g/mol. The highest BCUT2D eigenvalue weighted by Crippen LogP contribution is 2.38. The maximum Gasteiger partial charge on any atom is 0.267 e. The zero-order valence-corrected chi connectivity index (χ0v) is 14.4. The van der Waals surface area contributed by atoms with E-state index < -0.39 is 11.7 Å². The number of nitrogens with one attached hydrogen (secondary N) is 1. The first kappa shape index (κ1) is 18.1. The number of rotatable bonds is 4. The number of halogens is 1. The molecule has 0 unspecified atom stereocenters. The molecule has 136 valence electrons. The Hall–Kier alpha value is -3.74. The van der Waals surface area contributed by atoms with Gasteiger partial charge in [-0.05, 0) is 35.4 Å². The Morgan fingerprint density at radius 1 is 1.07 bits per heavy atom. The summed E-state index contributed by atoms with van der Waals surface area (Å²) in [5.41, 5.74) is 7.21. The average Bonchev–Trinajstić information content (AvgIpc) is 2.63. The molecule has 6 nitrogen and oxygen atoms in total. The number of amides is 2. The summed E-state index contributed by atoms with van der Waals surface area (Å²) in [5, 5.41) is 13.1. The van der Waals surface area contributed by atoms with Crippen molar-refractivity contribution in [3.05, 3.63) is 66.2 Å². The zero-order chi connectivity index (χ0) is 19.6. The van der Waals surface area contributed by atoms with E-state index in [1.165, 1.54) is 31.3 Å². The lowest BCUT2D eigenvalue weighted by molar-refractivity contribution is -0.114. The number of phenols is 1. The Bertz CT molecular complexity index is 1050. The second-order valence-electron chi connectivity index (χ2n) is 5.87. The number of benzene rings is 2. The van der Waals surface area contributed by atoms with E-state index in [4.69, 9.17) is 5.73 Å². The lowest BCUT2D eigenvalue weighted by Gasteiger charge is -2.12. The van der Waals surface area contributed by atoms with Crippen LogP contribution in [-0.2, 0) is 4.79 Å². The largest absolute Gasteiger partial charge is 0.507 e. The van der Waals surface area contributed by atoms with Crippen molar-refractivity contribution in [3.63, 3.8) is 0 Å². The molecule has 0 saturated heterocycles. The highest BCUT2D eigenvalue weighted by atomic mass is 19.1. The monoisotopic (exact) mass is 365 g/mol. The van der Waals surface area contributed by atoms with Gasteiger partial charge in [-0.25, -0.2) is 4.39 Å². The second-order valence-corrected chi connectivity index (χ2v) is 5.87. The molecule has 1 heterocycles. The number of carbonyl (C=O) groups is 2. The number of nitrogens with two attached hydrogens (primary N) is 1. The minimum Gasteiger partial charge on any atom is -0.507 e. The Kier molecular flexibility index (Phi) is 4.85. The number of aromatic nitrogens is 1. The Balaban J connectivity index is 2.06. The number of nitrogens with zero attached hydrogens (tertiary/aromatic N) is 1. The standard InChI is InChI=1S/C20H16FN3O3/c1-11(25)24-17-6-5-12(9-16(17)21)14-3-2-4-15(19(14)26)13-7-8-23-18(10-13)20(22)27/h2-10,26H,1H3,(H2,22,27)(H,24,25). The summed E-state index contributed by atoms with van der Waals surface area (Å²) in [5.74, 6) is -1.75. The molecule has 0 atom stereocenters. The van der Waals surface area contributed by atoms with Crippen LogP contribution in [0, 0.1) is 5.82 Å². The van der Waals surface area contributed by atoms with Crippen molar-refractivity contribution in [1.82, 2.24) is 4.98 Å². The van der Waals surface area contributed by atoms with Crippen molar-refractivity contribution in [2.75, 3.05) is 5.32 Å². The molecule has 0 bridgehead atoms. The fraction of sp³-hybridized carbons (Fsp3) is 0.0500. The molecule has 4 N–H and O–H groups in total. The Morgan fingerprint density at radius 3 is 2.33 bits per heavy atom. The van der Waals surface area contributed by atoms with Crippen LogP contribution in [0.5, 0.6) is 5.75 Å².